The van der Waals surface area contributed by atoms with Gasteiger partial charge in [-0.2, -0.15) is 0 Å². The van der Waals surface area contributed by atoms with E-state index in [-0.39, 0.29) is 24.7 Å². The third kappa shape index (κ3) is 4.62. The molecule has 0 spiro atoms. The Morgan fingerprint density at radius 3 is 2.32 bits per heavy atom. The Morgan fingerprint density at radius 2 is 1.84 bits per heavy atom. The molecule has 0 saturated carbocycles. The van der Waals surface area contributed by atoms with Gasteiger partial charge in [0.1, 0.15) is 5.75 Å². The van der Waals surface area contributed by atoms with Gasteiger partial charge in [-0.3, -0.25) is 9.59 Å². The third-order valence-corrected chi connectivity index (χ3v) is 2.88. The topological polar surface area (TPSA) is 66.8 Å². The summed E-state index contributed by atoms with van der Waals surface area (Å²) in [5, 5.41) is 8.67. The zero-order valence-electron chi connectivity index (χ0n) is 11.4. The maximum atomic E-state index is 12.0. The molecule has 5 heteroatoms. The van der Waals surface area contributed by atoms with Crippen LogP contribution in [0.15, 0.2) is 24.3 Å². The minimum absolute atomic E-state index is 0.00218. The average Bonchev–Trinajstić information content (AvgIpc) is 2.36. The summed E-state index contributed by atoms with van der Waals surface area (Å²) in [6, 6.07) is 7.14. The number of amides is 1. The first-order chi connectivity index (χ1) is 8.93. The summed E-state index contributed by atoms with van der Waals surface area (Å²) < 4.78 is 5.05. The van der Waals surface area contributed by atoms with Crippen molar-refractivity contribution >= 4 is 17.6 Å². The number of anilines is 1. The quantitative estimate of drug-likeness (QED) is 0.856. The Balaban J connectivity index is 2.62. The molecule has 0 aliphatic carbocycles. The number of carbonyl (C=O) groups is 2. The van der Waals surface area contributed by atoms with E-state index < -0.39 is 5.97 Å². The highest BCUT2D eigenvalue weighted by molar-refractivity contribution is 5.93. The van der Waals surface area contributed by atoms with Crippen LogP contribution in [0.4, 0.5) is 5.69 Å². The highest BCUT2D eigenvalue weighted by Crippen LogP contribution is 2.20. The molecule has 0 aliphatic rings. The first-order valence-electron chi connectivity index (χ1n) is 6.06. The molecule has 1 atom stereocenters. The van der Waals surface area contributed by atoms with Gasteiger partial charge in [-0.05, 0) is 30.2 Å². The van der Waals surface area contributed by atoms with Gasteiger partial charge < -0.3 is 14.7 Å². The van der Waals surface area contributed by atoms with E-state index >= 15 is 0 Å². The van der Waals surface area contributed by atoms with Crippen LogP contribution in [0.3, 0.4) is 0 Å². The highest BCUT2D eigenvalue weighted by Gasteiger charge is 2.16. The lowest BCUT2D eigenvalue weighted by Gasteiger charge is -2.19. The van der Waals surface area contributed by atoms with Gasteiger partial charge in [0.05, 0.1) is 7.11 Å². The highest BCUT2D eigenvalue weighted by atomic mass is 16.5. The van der Waals surface area contributed by atoms with E-state index in [1.165, 1.54) is 4.90 Å². The summed E-state index contributed by atoms with van der Waals surface area (Å²) in [4.78, 5) is 24.1. The van der Waals surface area contributed by atoms with E-state index in [2.05, 4.69) is 0 Å². The van der Waals surface area contributed by atoms with Gasteiger partial charge in [0.15, 0.2) is 0 Å². The summed E-state index contributed by atoms with van der Waals surface area (Å²) >= 11 is 0. The number of hydrogen-bond acceptors (Lipinski definition) is 3. The Bertz CT molecular complexity index is 441. The molecule has 0 saturated heterocycles. The summed E-state index contributed by atoms with van der Waals surface area (Å²) in [5.74, 6) is -0.430. The number of aliphatic carboxylic acids is 1. The van der Waals surface area contributed by atoms with Crippen LogP contribution >= 0.6 is 0 Å². The van der Waals surface area contributed by atoms with Gasteiger partial charge in [0.25, 0.3) is 0 Å². The van der Waals surface area contributed by atoms with Crippen molar-refractivity contribution < 1.29 is 19.4 Å². The molecular weight excluding hydrogens is 246 g/mol. The van der Waals surface area contributed by atoms with E-state index in [0.29, 0.717) is 0 Å². The first kappa shape index (κ1) is 15.0. The fraction of sp³-hybridized carbons (Fsp3) is 0.429. The first-order valence-corrected chi connectivity index (χ1v) is 6.06. The van der Waals surface area contributed by atoms with Gasteiger partial charge in [0.2, 0.25) is 5.91 Å². The number of methoxy groups -OCH3 is 1. The Hall–Kier alpha value is -2.04. The van der Waals surface area contributed by atoms with Gasteiger partial charge in [-0.25, -0.2) is 0 Å². The standard InChI is InChI=1S/C14H19NO4/c1-10(9-14(17)18)8-13(16)15(2)11-4-6-12(19-3)7-5-11/h4-7,10H,8-9H2,1-3H3,(H,17,18). The molecule has 0 fully saturated rings. The Kier molecular flexibility index (Phi) is 5.36. The number of benzene rings is 1. The predicted molar refractivity (Wildman–Crippen MR) is 72.4 cm³/mol. The van der Waals surface area contributed by atoms with Crippen LogP contribution in [-0.4, -0.2) is 31.1 Å². The van der Waals surface area contributed by atoms with E-state index in [1.54, 1.807) is 45.3 Å². The number of nitrogens with zero attached hydrogens (tertiary/aromatic N) is 1. The Labute approximate surface area is 112 Å². The van der Waals surface area contributed by atoms with E-state index in [1.807, 2.05) is 0 Å². The van der Waals surface area contributed by atoms with Crippen LogP contribution in [0, 0.1) is 5.92 Å². The maximum Gasteiger partial charge on any atom is 0.303 e. The summed E-state index contributed by atoms with van der Waals surface area (Å²) in [6.45, 7) is 1.76. The molecule has 1 aromatic carbocycles. The summed E-state index contributed by atoms with van der Waals surface area (Å²) in [6.07, 6.45) is 0.219. The molecule has 0 radical (unpaired) electrons. The Morgan fingerprint density at radius 1 is 1.26 bits per heavy atom. The number of hydrogen-bond donors (Lipinski definition) is 1. The second kappa shape index (κ2) is 6.78. The molecule has 1 N–H and O–H groups in total. The van der Waals surface area contributed by atoms with E-state index in [9.17, 15) is 9.59 Å². The van der Waals surface area contributed by atoms with Crippen molar-refractivity contribution in [3.63, 3.8) is 0 Å². The van der Waals surface area contributed by atoms with Gasteiger partial charge in [0, 0.05) is 25.6 Å². The van der Waals surface area contributed by atoms with Gasteiger partial charge in [-0.15, -0.1) is 0 Å². The maximum absolute atomic E-state index is 12.0. The zero-order chi connectivity index (χ0) is 14.4. The molecule has 0 aromatic heterocycles. The van der Waals surface area contributed by atoms with Crippen LogP contribution in [0.25, 0.3) is 0 Å². The van der Waals surface area contributed by atoms with Crippen LogP contribution in [-0.2, 0) is 9.59 Å². The predicted octanol–water partition coefficient (Wildman–Crippen LogP) is 2.16. The third-order valence-electron chi connectivity index (χ3n) is 2.88. The molecule has 1 rings (SSSR count). The van der Waals surface area contributed by atoms with Crippen molar-refractivity contribution in [2.24, 2.45) is 5.92 Å². The second-order valence-electron chi connectivity index (χ2n) is 4.56. The molecule has 0 bridgehead atoms. The van der Waals surface area contributed by atoms with Crippen molar-refractivity contribution in [1.29, 1.82) is 0 Å². The molecule has 1 aromatic rings. The molecule has 104 valence electrons. The molecule has 19 heavy (non-hydrogen) atoms. The summed E-state index contributed by atoms with van der Waals surface area (Å²) in [7, 11) is 3.26. The van der Waals surface area contributed by atoms with Gasteiger partial charge >= 0.3 is 5.97 Å². The lowest BCUT2D eigenvalue weighted by Crippen LogP contribution is -2.28. The number of carbonyl (C=O) groups excluding carboxylic acids is 1. The molecular formula is C14H19NO4. The monoisotopic (exact) mass is 265 g/mol. The minimum atomic E-state index is -0.882. The van der Waals surface area contributed by atoms with Crippen LogP contribution in [0.1, 0.15) is 19.8 Å². The van der Waals surface area contributed by atoms with Gasteiger partial charge in [-0.1, -0.05) is 6.92 Å². The molecule has 5 nitrogen and oxygen atoms in total. The molecule has 1 amide bonds. The number of carboxylic acids is 1. The largest absolute Gasteiger partial charge is 0.497 e. The van der Waals surface area contributed by atoms with Crippen LogP contribution < -0.4 is 9.64 Å². The van der Waals surface area contributed by atoms with Crippen molar-refractivity contribution in [3.8, 4) is 5.75 Å². The molecule has 0 heterocycles. The average molecular weight is 265 g/mol. The smallest absolute Gasteiger partial charge is 0.303 e. The summed E-state index contributed by atoms with van der Waals surface area (Å²) in [5.41, 5.74) is 0.758. The lowest BCUT2D eigenvalue weighted by molar-refractivity contribution is -0.138. The van der Waals surface area contributed by atoms with Crippen molar-refractivity contribution in [1.82, 2.24) is 0 Å². The van der Waals surface area contributed by atoms with Crippen molar-refractivity contribution in [2.75, 3.05) is 19.1 Å². The fourth-order valence-electron chi connectivity index (χ4n) is 1.76. The lowest BCUT2D eigenvalue weighted by atomic mass is 10.0. The SMILES string of the molecule is COc1ccc(N(C)C(=O)CC(C)CC(=O)O)cc1. The van der Waals surface area contributed by atoms with Crippen LogP contribution in [0.5, 0.6) is 5.75 Å². The van der Waals surface area contributed by atoms with Crippen molar-refractivity contribution in [2.45, 2.75) is 19.8 Å². The number of ether oxygens (including phenoxy) is 1. The molecule has 0 aliphatic heterocycles. The zero-order valence-corrected chi connectivity index (χ0v) is 11.4. The minimum Gasteiger partial charge on any atom is -0.497 e. The van der Waals surface area contributed by atoms with E-state index in [4.69, 9.17) is 9.84 Å². The second-order valence-corrected chi connectivity index (χ2v) is 4.56. The molecule has 1 unspecified atom stereocenters. The van der Waals surface area contributed by atoms with Crippen LogP contribution in [0.2, 0.25) is 0 Å². The van der Waals surface area contributed by atoms with E-state index in [0.717, 1.165) is 11.4 Å². The van der Waals surface area contributed by atoms with Crippen molar-refractivity contribution in [3.05, 3.63) is 24.3 Å². The number of rotatable bonds is 6. The normalized spacial score (nSPS) is 11.7. The fourth-order valence-corrected chi connectivity index (χ4v) is 1.76. The number of carboxylic acid groups (broad SMARTS) is 1.